The summed E-state index contributed by atoms with van der Waals surface area (Å²) < 4.78 is 16.2. The van der Waals surface area contributed by atoms with Gasteiger partial charge < -0.3 is 25.3 Å². The lowest BCUT2D eigenvalue weighted by Crippen LogP contribution is -2.33. The van der Waals surface area contributed by atoms with Crippen LogP contribution in [0.15, 0.2) is 47.6 Å². The van der Waals surface area contributed by atoms with Crippen LogP contribution in [0.1, 0.15) is 56.5 Å². The van der Waals surface area contributed by atoms with Gasteiger partial charge >= 0.3 is 0 Å². The van der Waals surface area contributed by atoms with Gasteiger partial charge in [-0.3, -0.25) is 14.4 Å². The van der Waals surface area contributed by atoms with E-state index in [1.165, 1.54) is 24.7 Å². The molecule has 204 valence electrons. The highest BCUT2D eigenvalue weighted by Crippen LogP contribution is 2.38. The Morgan fingerprint density at radius 1 is 1.03 bits per heavy atom. The van der Waals surface area contributed by atoms with Gasteiger partial charge in [0, 0.05) is 10.4 Å². The molecule has 0 fully saturated rings. The number of hydrogen-bond donors (Lipinski definition) is 3. The molecule has 0 saturated carbocycles. The highest BCUT2D eigenvalue weighted by Gasteiger charge is 2.25. The average Bonchev–Trinajstić information content (AvgIpc) is 3.31. The molecule has 39 heavy (non-hydrogen) atoms. The van der Waals surface area contributed by atoms with E-state index in [-0.39, 0.29) is 5.91 Å². The summed E-state index contributed by atoms with van der Waals surface area (Å²) in [6.45, 7) is 1.59. The van der Waals surface area contributed by atoms with Gasteiger partial charge in [0.15, 0.2) is 17.6 Å². The number of ether oxygens (including phenoxy) is 3. The van der Waals surface area contributed by atoms with E-state index >= 15 is 0 Å². The number of aryl methyl sites for hydroxylation is 1. The number of primary amides is 1. The zero-order valence-electron chi connectivity index (χ0n) is 21.9. The van der Waals surface area contributed by atoms with E-state index in [2.05, 4.69) is 15.8 Å². The predicted octanol–water partition coefficient (Wildman–Crippen LogP) is 3.91. The topological polar surface area (TPSA) is 141 Å². The van der Waals surface area contributed by atoms with Crippen molar-refractivity contribution in [3.05, 3.63) is 69.6 Å². The molecule has 4 rings (SSSR count). The van der Waals surface area contributed by atoms with Crippen LogP contribution in [0.3, 0.4) is 0 Å². The van der Waals surface area contributed by atoms with Gasteiger partial charge in [0.25, 0.3) is 17.7 Å². The molecule has 4 N–H and O–H groups in total. The summed E-state index contributed by atoms with van der Waals surface area (Å²) in [5, 5.41) is 7.29. The molecular weight excluding hydrogens is 520 g/mol. The lowest BCUT2D eigenvalue weighted by Gasteiger charge is -2.13. The predicted molar refractivity (Wildman–Crippen MR) is 149 cm³/mol. The number of carbonyl (C=O) groups is 3. The average molecular weight is 551 g/mol. The van der Waals surface area contributed by atoms with Crippen LogP contribution in [-0.2, 0) is 17.6 Å². The molecule has 2 aromatic carbocycles. The molecule has 0 radical (unpaired) electrons. The number of thiophene rings is 1. The Labute approximate surface area is 230 Å². The fourth-order valence-corrected chi connectivity index (χ4v) is 5.52. The van der Waals surface area contributed by atoms with Crippen LogP contribution in [0.5, 0.6) is 17.2 Å². The second-order valence-electron chi connectivity index (χ2n) is 8.87. The first kappa shape index (κ1) is 27.6. The number of nitrogens with two attached hydrogens (primary N) is 1. The summed E-state index contributed by atoms with van der Waals surface area (Å²) in [5.41, 5.74) is 10.5. The number of fused-ring (bicyclic) bond motifs is 1. The second-order valence-corrected chi connectivity index (χ2v) is 9.97. The number of amides is 3. The lowest BCUT2D eigenvalue weighted by atomic mass is 9.95. The van der Waals surface area contributed by atoms with Crippen molar-refractivity contribution in [3.8, 4) is 17.2 Å². The van der Waals surface area contributed by atoms with Gasteiger partial charge in [0.05, 0.1) is 26.0 Å². The number of carbonyl (C=O) groups excluding carboxylic acids is 3. The van der Waals surface area contributed by atoms with Crippen LogP contribution < -0.4 is 30.7 Å². The summed E-state index contributed by atoms with van der Waals surface area (Å²) >= 11 is 1.41. The summed E-state index contributed by atoms with van der Waals surface area (Å²) in [5.74, 6) is 0.192. The molecule has 1 aliphatic rings. The highest BCUT2D eigenvalue weighted by molar-refractivity contribution is 7.17. The zero-order valence-corrected chi connectivity index (χ0v) is 22.7. The number of benzene rings is 2. The number of nitrogens with zero attached hydrogens (tertiary/aromatic N) is 1. The van der Waals surface area contributed by atoms with Crippen molar-refractivity contribution >= 4 is 40.3 Å². The van der Waals surface area contributed by atoms with Crippen LogP contribution in [-0.4, -0.2) is 44.3 Å². The van der Waals surface area contributed by atoms with E-state index in [1.54, 1.807) is 56.5 Å². The van der Waals surface area contributed by atoms with E-state index in [0.717, 1.165) is 36.1 Å². The maximum Gasteiger partial charge on any atom is 0.280 e. The monoisotopic (exact) mass is 550 g/mol. The van der Waals surface area contributed by atoms with Crippen molar-refractivity contribution in [2.75, 3.05) is 19.5 Å². The number of nitrogens with one attached hydrogen (secondary N) is 2. The second kappa shape index (κ2) is 12.4. The van der Waals surface area contributed by atoms with Crippen molar-refractivity contribution in [1.29, 1.82) is 0 Å². The Hall–Kier alpha value is -4.38. The Balaban J connectivity index is 1.33. The molecule has 0 saturated heterocycles. The highest BCUT2D eigenvalue weighted by atomic mass is 32.1. The Kier molecular flexibility index (Phi) is 8.82. The van der Waals surface area contributed by atoms with Gasteiger partial charge in [-0.1, -0.05) is 0 Å². The molecule has 3 aromatic rings. The molecular formula is C28H30N4O6S. The third-order valence-electron chi connectivity index (χ3n) is 6.24. The number of methoxy groups -OCH3 is 2. The molecule has 1 atom stereocenters. The van der Waals surface area contributed by atoms with E-state index in [4.69, 9.17) is 19.9 Å². The van der Waals surface area contributed by atoms with Gasteiger partial charge in [0.1, 0.15) is 10.8 Å². The summed E-state index contributed by atoms with van der Waals surface area (Å²) in [7, 11) is 3.08. The van der Waals surface area contributed by atoms with Gasteiger partial charge in [-0.05, 0) is 86.2 Å². The van der Waals surface area contributed by atoms with Crippen molar-refractivity contribution in [2.24, 2.45) is 10.8 Å². The van der Waals surface area contributed by atoms with Crippen molar-refractivity contribution in [2.45, 2.75) is 38.7 Å². The molecule has 1 aliphatic carbocycles. The normalized spacial score (nSPS) is 13.3. The van der Waals surface area contributed by atoms with Gasteiger partial charge in [-0.2, -0.15) is 5.10 Å². The first-order chi connectivity index (χ1) is 18.8. The third-order valence-corrected chi connectivity index (χ3v) is 7.45. The van der Waals surface area contributed by atoms with E-state index in [1.807, 2.05) is 0 Å². The summed E-state index contributed by atoms with van der Waals surface area (Å²) in [4.78, 5) is 38.5. The standard InChI is InChI=1S/C28H30N4O6S/c1-16(26(34)32-30-15-17-8-13-21(36-2)22(14-17)37-3)38-19-11-9-18(10-12-19)27(35)31-28-24(25(29)33)20-6-4-5-7-23(20)39-28/h8-16H,4-7H2,1-3H3,(H2,29,33)(H,31,35)(H,32,34). The SMILES string of the molecule is COc1ccc(C=NNC(=O)C(C)Oc2ccc(C(=O)Nc3sc4c(c3C(N)=O)CCCC4)cc2)cc1OC. The fraction of sp³-hybridized carbons (Fsp3) is 0.286. The Bertz CT molecular complexity index is 1400. The molecule has 11 heteroatoms. The molecule has 10 nitrogen and oxygen atoms in total. The molecule has 3 amide bonds. The minimum atomic E-state index is -0.845. The Morgan fingerprint density at radius 2 is 1.74 bits per heavy atom. The van der Waals surface area contributed by atoms with Crippen molar-refractivity contribution in [3.63, 3.8) is 0 Å². The maximum absolute atomic E-state index is 12.9. The van der Waals surface area contributed by atoms with E-state index in [0.29, 0.717) is 38.9 Å². The van der Waals surface area contributed by atoms with Crippen molar-refractivity contribution < 1.29 is 28.6 Å². The number of rotatable bonds is 10. The molecule has 1 unspecified atom stereocenters. The van der Waals surface area contributed by atoms with Crippen LogP contribution in [0.2, 0.25) is 0 Å². The minimum Gasteiger partial charge on any atom is -0.493 e. The lowest BCUT2D eigenvalue weighted by molar-refractivity contribution is -0.127. The van der Waals surface area contributed by atoms with Gasteiger partial charge in [-0.25, -0.2) is 5.43 Å². The molecule has 1 aromatic heterocycles. The fourth-order valence-electron chi connectivity index (χ4n) is 4.23. The largest absolute Gasteiger partial charge is 0.493 e. The smallest absolute Gasteiger partial charge is 0.280 e. The number of hydrogen-bond acceptors (Lipinski definition) is 8. The summed E-state index contributed by atoms with van der Waals surface area (Å²) in [6.07, 6.45) is 4.37. The molecule has 0 bridgehead atoms. The molecule has 0 aliphatic heterocycles. The van der Waals surface area contributed by atoms with Crippen LogP contribution >= 0.6 is 11.3 Å². The van der Waals surface area contributed by atoms with Gasteiger partial charge in [0.2, 0.25) is 0 Å². The first-order valence-corrected chi connectivity index (χ1v) is 13.2. The summed E-state index contributed by atoms with van der Waals surface area (Å²) in [6, 6.07) is 11.6. The van der Waals surface area contributed by atoms with Crippen molar-refractivity contribution in [1.82, 2.24) is 5.43 Å². The minimum absolute atomic E-state index is 0.363. The number of hydrazone groups is 1. The van der Waals surface area contributed by atoms with E-state index in [9.17, 15) is 14.4 Å². The van der Waals surface area contributed by atoms with Crippen LogP contribution in [0, 0.1) is 0 Å². The molecule has 1 heterocycles. The third kappa shape index (κ3) is 6.55. The van der Waals surface area contributed by atoms with Crippen LogP contribution in [0.4, 0.5) is 5.00 Å². The quantitative estimate of drug-likeness (QED) is 0.258. The molecule has 0 spiro atoms. The number of anilines is 1. The Morgan fingerprint density at radius 3 is 2.44 bits per heavy atom. The zero-order chi connectivity index (χ0) is 27.9. The maximum atomic E-state index is 12.9. The van der Waals surface area contributed by atoms with Crippen LogP contribution in [0.25, 0.3) is 0 Å². The first-order valence-electron chi connectivity index (χ1n) is 12.4. The van der Waals surface area contributed by atoms with E-state index < -0.39 is 17.9 Å². The van der Waals surface area contributed by atoms with Gasteiger partial charge in [-0.15, -0.1) is 11.3 Å².